The van der Waals surface area contributed by atoms with Crippen molar-refractivity contribution >= 4 is 29.3 Å². The molecule has 0 unspecified atom stereocenters. The first-order valence-corrected chi connectivity index (χ1v) is 13.2. The molecule has 1 N–H and O–H groups in total. The first-order valence-electron chi connectivity index (χ1n) is 11.8. The molecule has 3 rings (SSSR count). The molecule has 0 saturated heterocycles. The van der Waals surface area contributed by atoms with Crippen molar-refractivity contribution in [2.75, 3.05) is 12.4 Å². The lowest BCUT2D eigenvalue weighted by Gasteiger charge is -2.40. The third-order valence-electron chi connectivity index (χ3n) is 6.42. The average Bonchev–Trinajstić information content (AvgIpc) is 3.10. The molecule has 1 fully saturated rings. The molecule has 1 aromatic heterocycles. The van der Waals surface area contributed by atoms with Crippen LogP contribution in [0.15, 0.2) is 23.4 Å². The largest absolute Gasteiger partial charge is 0.493 e. The number of hydrogen-bond acceptors (Lipinski definition) is 5. The molecular weight excluding hydrogens is 456 g/mol. The lowest BCUT2D eigenvalue weighted by atomic mass is 9.69. The molecule has 182 valence electrons. The number of amides is 1. The number of aromatic nitrogens is 3. The number of halogens is 1. The zero-order valence-corrected chi connectivity index (χ0v) is 22.1. The van der Waals surface area contributed by atoms with Gasteiger partial charge in [0.05, 0.1) is 12.4 Å². The van der Waals surface area contributed by atoms with Gasteiger partial charge in [-0.2, -0.15) is 0 Å². The van der Waals surface area contributed by atoms with Crippen molar-refractivity contribution in [1.29, 1.82) is 0 Å². The smallest absolute Gasteiger partial charge is 0.230 e. The number of thioether (sulfide) groups is 1. The lowest BCUT2D eigenvalue weighted by molar-refractivity contribution is -0.120. The number of carbonyl (C=O) groups is 1. The number of aryl methyl sites for hydroxylation is 2. The predicted molar refractivity (Wildman–Crippen MR) is 135 cm³/mol. The Bertz CT molecular complexity index is 941. The predicted octanol–water partition coefficient (Wildman–Crippen LogP) is 5.60. The molecule has 33 heavy (non-hydrogen) atoms. The van der Waals surface area contributed by atoms with Crippen LogP contribution in [0.4, 0.5) is 0 Å². The molecule has 1 aliphatic rings. The van der Waals surface area contributed by atoms with Gasteiger partial charge in [-0.25, -0.2) is 0 Å². The standard InChI is InChI=1S/C25H37ClN4O2S/c1-17-15-18(26)12-13-21(17)32-14-8-11-22-28-29-24(30(22)5)33-16-23(31)27-20-10-7-6-9-19(20)25(2,3)4/h12-13,15,19-20H,6-11,14,16H2,1-5H3,(H,27,31)/t19-,20+/m0/s1. The van der Waals surface area contributed by atoms with E-state index in [0.29, 0.717) is 23.3 Å². The molecule has 0 radical (unpaired) electrons. The number of nitrogens with zero attached hydrogens (tertiary/aromatic N) is 3. The molecular formula is C25H37ClN4O2S. The van der Waals surface area contributed by atoms with Gasteiger partial charge >= 0.3 is 0 Å². The summed E-state index contributed by atoms with van der Waals surface area (Å²) in [5, 5.41) is 13.4. The minimum absolute atomic E-state index is 0.0810. The van der Waals surface area contributed by atoms with Crippen molar-refractivity contribution in [2.24, 2.45) is 18.4 Å². The molecule has 6 nitrogen and oxygen atoms in total. The van der Waals surface area contributed by atoms with E-state index in [1.165, 1.54) is 31.0 Å². The summed E-state index contributed by atoms with van der Waals surface area (Å²) >= 11 is 7.44. The van der Waals surface area contributed by atoms with Gasteiger partial charge in [0.1, 0.15) is 11.6 Å². The second-order valence-electron chi connectivity index (χ2n) is 10.0. The minimum Gasteiger partial charge on any atom is -0.493 e. The number of carbonyl (C=O) groups excluding carboxylic acids is 1. The van der Waals surface area contributed by atoms with Gasteiger partial charge in [0.15, 0.2) is 5.16 Å². The number of hydrogen-bond donors (Lipinski definition) is 1. The Balaban J connectivity index is 1.44. The van der Waals surface area contributed by atoms with Crippen molar-refractivity contribution in [3.05, 3.63) is 34.6 Å². The molecule has 8 heteroatoms. The fraction of sp³-hybridized carbons (Fsp3) is 0.640. The molecule has 0 spiro atoms. The van der Waals surface area contributed by atoms with E-state index in [2.05, 4.69) is 36.3 Å². The van der Waals surface area contributed by atoms with Crippen LogP contribution in [0.5, 0.6) is 5.75 Å². The lowest BCUT2D eigenvalue weighted by Crippen LogP contribution is -2.47. The maximum Gasteiger partial charge on any atom is 0.230 e. The minimum atomic E-state index is 0.0810. The summed E-state index contributed by atoms with van der Waals surface area (Å²) in [7, 11) is 1.95. The number of ether oxygens (including phenoxy) is 1. The quantitative estimate of drug-likeness (QED) is 0.364. The molecule has 1 heterocycles. The Morgan fingerprint density at radius 1 is 1.27 bits per heavy atom. The van der Waals surface area contributed by atoms with Crippen LogP contribution in [0, 0.1) is 18.3 Å². The summed E-state index contributed by atoms with van der Waals surface area (Å²) in [5.74, 6) is 2.72. The van der Waals surface area contributed by atoms with Gasteiger partial charge in [0.2, 0.25) is 5.91 Å². The maximum absolute atomic E-state index is 12.7. The first-order chi connectivity index (χ1) is 15.6. The van der Waals surface area contributed by atoms with Crippen LogP contribution in [0.1, 0.15) is 64.3 Å². The molecule has 1 saturated carbocycles. The second-order valence-corrected chi connectivity index (χ2v) is 11.4. The van der Waals surface area contributed by atoms with E-state index in [1.54, 1.807) is 0 Å². The van der Waals surface area contributed by atoms with E-state index in [4.69, 9.17) is 16.3 Å². The van der Waals surface area contributed by atoms with Crippen molar-refractivity contribution in [1.82, 2.24) is 20.1 Å². The number of nitrogens with one attached hydrogen (secondary N) is 1. The zero-order chi connectivity index (χ0) is 24.0. The molecule has 2 aromatic rings. The highest BCUT2D eigenvalue weighted by molar-refractivity contribution is 7.99. The highest BCUT2D eigenvalue weighted by Gasteiger charge is 2.34. The fourth-order valence-electron chi connectivity index (χ4n) is 4.59. The molecule has 1 amide bonds. The summed E-state index contributed by atoms with van der Waals surface area (Å²) in [6.07, 6.45) is 6.31. The topological polar surface area (TPSA) is 69.0 Å². The van der Waals surface area contributed by atoms with Gasteiger partial charge in [-0.15, -0.1) is 10.2 Å². The van der Waals surface area contributed by atoms with Crippen LogP contribution in [0.2, 0.25) is 5.02 Å². The second kappa shape index (κ2) is 11.6. The normalized spacial score (nSPS) is 18.8. The highest BCUT2D eigenvalue weighted by atomic mass is 35.5. The van der Waals surface area contributed by atoms with Crippen LogP contribution in [-0.2, 0) is 18.3 Å². The number of rotatable bonds is 9. The van der Waals surface area contributed by atoms with Crippen molar-refractivity contribution in [3.63, 3.8) is 0 Å². The van der Waals surface area contributed by atoms with Gasteiger partial charge in [-0.05, 0) is 61.3 Å². The fourth-order valence-corrected chi connectivity index (χ4v) is 5.56. The van der Waals surface area contributed by atoms with E-state index in [-0.39, 0.29) is 17.4 Å². The molecule has 0 aliphatic heterocycles. The van der Waals surface area contributed by atoms with Crippen LogP contribution in [0.3, 0.4) is 0 Å². The summed E-state index contributed by atoms with van der Waals surface area (Å²) in [6.45, 7) is 9.41. The van der Waals surface area contributed by atoms with Crippen LogP contribution in [-0.4, -0.2) is 39.1 Å². The van der Waals surface area contributed by atoms with Crippen molar-refractivity contribution in [3.8, 4) is 5.75 Å². The van der Waals surface area contributed by atoms with Gasteiger partial charge in [0.25, 0.3) is 0 Å². The Kier molecular flexibility index (Phi) is 9.10. The maximum atomic E-state index is 12.7. The summed E-state index contributed by atoms with van der Waals surface area (Å²) in [4.78, 5) is 12.7. The van der Waals surface area contributed by atoms with Crippen molar-refractivity contribution < 1.29 is 9.53 Å². The van der Waals surface area contributed by atoms with Gasteiger partial charge in [0, 0.05) is 24.5 Å². The Morgan fingerprint density at radius 2 is 2.03 bits per heavy atom. The van der Waals surface area contributed by atoms with E-state index >= 15 is 0 Å². The monoisotopic (exact) mass is 492 g/mol. The summed E-state index contributed by atoms with van der Waals surface area (Å²) < 4.78 is 7.85. The highest BCUT2D eigenvalue weighted by Crippen LogP contribution is 2.38. The van der Waals surface area contributed by atoms with Gasteiger partial charge < -0.3 is 14.6 Å². The average molecular weight is 493 g/mol. The SMILES string of the molecule is Cc1cc(Cl)ccc1OCCCc1nnc(SCC(=O)N[C@@H]2CCCC[C@@H]2C(C)(C)C)n1C. The summed E-state index contributed by atoms with van der Waals surface area (Å²) in [5.41, 5.74) is 1.24. The van der Waals surface area contributed by atoms with Crippen molar-refractivity contribution in [2.45, 2.75) is 77.4 Å². The Hall–Kier alpha value is -1.73. The third-order valence-corrected chi connectivity index (χ3v) is 7.68. The molecule has 1 aliphatic carbocycles. The number of benzene rings is 1. The Labute approximate surface area is 207 Å². The zero-order valence-electron chi connectivity index (χ0n) is 20.5. The molecule has 1 aromatic carbocycles. The van der Waals surface area contributed by atoms with Crippen LogP contribution in [0.25, 0.3) is 0 Å². The van der Waals surface area contributed by atoms with Gasteiger partial charge in [-0.1, -0.05) is 57.0 Å². The molecule has 0 bridgehead atoms. The van der Waals surface area contributed by atoms with E-state index in [0.717, 1.165) is 41.6 Å². The van der Waals surface area contributed by atoms with Gasteiger partial charge in [-0.3, -0.25) is 4.79 Å². The molecule has 2 atom stereocenters. The summed E-state index contributed by atoms with van der Waals surface area (Å²) in [6, 6.07) is 5.91. The van der Waals surface area contributed by atoms with Crippen LogP contribution >= 0.6 is 23.4 Å². The van der Waals surface area contributed by atoms with Crippen LogP contribution < -0.4 is 10.1 Å². The van der Waals surface area contributed by atoms with E-state index in [9.17, 15) is 4.79 Å². The first kappa shape index (κ1) is 25.9. The Morgan fingerprint density at radius 3 is 2.76 bits per heavy atom. The third kappa shape index (κ3) is 7.38. The van der Waals surface area contributed by atoms with E-state index in [1.807, 2.05) is 36.7 Å². The van der Waals surface area contributed by atoms with E-state index < -0.39 is 0 Å².